The number of benzene rings is 1. The lowest BCUT2D eigenvalue weighted by molar-refractivity contribution is 0.140. The van der Waals surface area contributed by atoms with Crippen molar-refractivity contribution in [2.75, 3.05) is 19.8 Å². The second-order valence-corrected chi connectivity index (χ2v) is 7.56. The zero-order valence-corrected chi connectivity index (χ0v) is 17.1. The minimum absolute atomic E-state index is 0.134. The Hall–Kier alpha value is -2.12. The molecule has 1 fully saturated rings. The molecule has 1 aromatic heterocycles. The second-order valence-electron chi connectivity index (χ2n) is 6.62. The number of rotatable bonds is 7. The van der Waals surface area contributed by atoms with Gasteiger partial charge in [-0.2, -0.15) is 0 Å². The van der Waals surface area contributed by atoms with E-state index in [1.807, 2.05) is 12.4 Å². The van der Waals surface area contributed by atoms with Gasteiger partial charge in [0, 0.05) is 23.4 Å². The van der Waals surface area contributed by atoms with Gasteiger partial charge in [0.1, 0.15) is 11.9 Å². The number of aromatic nitrogens is 1. The van der Waals surface area contributed by atoms with Gasteiger partial charge in [0.15, 0.2) is 5.96 Å². The van der Waals surface area contributed by atoms with Crippen LogP contribution in [-0.4, -0.2) is 36.8 Å². The smallest absolute Gasteiger partial charge is 0.191 e. The first-order chi connectivity index (χ1) is 13.2. The first-order valence-electron chi connectivity index (χ1n) is 9.40. The van der Waals surface area contributed by atoms with E-state index in [0.29, 0.717) is 13.2 Å². The normalized spacial score (nSPS) is 17.1. The van der Waals surface area contributed by atoms with Crippen LogP contribution in [0.2, 0.25) is 0 Å². The van der Waals surface area contributed by atoms with Gasteiger partial charge in [0.25, 0.3) is 0 Å². The number of guanidine groups is 1. The summed E-state index contributed by atoms with van der Waals surface area (Å²) in [5, 5.41) is 6.69. The third kappa shape index (κ3) is 5.68. The Bertz CT molecular complexity index is 769. The molecule has 2 aromatic rings. The van der Waals surface area contributed by atoms with Gasteiger partial charge >= 0.3 is 0 Å². The largest absolute Gasteiger partial charge is 0.488 e. The highest BCUT2D eigenvalue weighted by atomic mass is 32.1. The average Bonchev–Trinajstić information content (AvgIpc) is 3.30. The molecule has 7 heteroatoms. The number of ether oxygens (including phenoxy) is 2. The van der Waals surface area contributed by atoms with Gasteiger partial charge in [0.05, 0.1) is 37.5 Å². The Morgan fingerprint density at radius 1 is 1.37 bits per heavy atom. The van der Waals surface area contributed by atoms with Crippen LogP contribution in [0.3, 0.4) is 0 Å². The lowest BCUT2D eigenvalue weighted by Gasteiger charge is -2.16. The minimum atomic E-state index is 0.134. The van der Waals surface area contributed by atoms with Crippen molar-refractivity contribution in [2.24, 2.45) is 4.99 Å². The SMILES string of the molecule is CCNC(=NCc1ccc(C)cc1OC1CCOC1)NCc1scnc1C. The Balaban J connectivity index is 1.68. The van der Waals surface area contributed by atoms with Crippen LogP contribution < -0.4 is 15.4 Å². The summed E-state index contributed by atoms with van der Waals surface area (Å²) < 4.78 is 11.6. The predicted molar refractivity (Wildman–Crippen MR) is 110 cm³/mol. The molecule has 1 saturated heterocycles. The van der Waals surface area contributed by atoms with Gasteiger partial charge in [-0.15, -0.1) is 11.3 Å². The first kappa shape index (κ1) is 19.6. The molecule has 1 unspecified atom stereocenters. The number of nitrogens with zero attached hydrogens (tertiary/aromatic N) is 2. The van der Waals surface area contributed by atoms with Crippen LogP contribution in [0.4, 0.5) is 0 Å². The highest BCUT2D eigenvalue weighted by Gasteiger charge is 2.18. The van der Waals surface area contributed by atoms with Crippen molar-refractivity contribution in [3.05, 3.63) is 45.4 Å². The molecular weight excluding hydrogens is 360 g/mol. The van der Waals surface area contributed by atoms with Crippen molar-refractivity contribution in [3.63, 3.8) is 0 Å². The number of hydrogen-bond donors (Lipinski definition) is 2. The summed E-state index contributed by atoms with van der Waals surface area (Å²) >= 11 is 1.66. The molecule has 1 aliphatic rings. The highest BCUT2D eigenvalue weighted by molar-refractivity contribution is 7.09. The van der Waals surface area contributed by atoms with Crippen LogP contribution in [0, 0.1) is 13.8 Å². The highest BCUT2D eigenvalue weighted by Crippen LogP contribution is 2.24. The van der Waals surface area contributed by atoms with Crippen molar-refractivity contribution in [1.29, 1.82) is 0 Å². The molecule has 3 rings (SSSR count). The summed E-state index contributed by atoms with van der Waals surface area (Å²) in [6, 6.07) is 6.29. The maximum absolute atomic E-state index is 6.17. The Morgan fingerprint density at radius 2 is 2.26 bits per heavy atom. The average molecular weight is 389 g/mol. The second kappa shape index (κ2) is 9.71. The number of hydrogen-bond acceptors (Lipinski definition) is 5. The van der Waals surface area contributed by atoms with Gasteiger partial charge < -0.3 is 20.1 Å². The third-order valence-electron chi connectivity index (χ3n) is 4.42. The third-order valence-corrected chi connectivity index (χ3v) is 5.35. The van der Waals surface area contributed by atoms with Crippen LogP contribution in [0.5, 0.6) is 5.75 Å². The molecule has 0 amide bonds. The van der Waals surface area contributed by atoms with Gasteiger partial charge in [0.2, 0.25) is 0 Å². The van der Waals surface area contributed by atoms with E-state index in [1.165, 1.54) is 10.4 Å². The monoisotopic (exact) mass is 388 g/mol. The Labute approximate surface area is 165 Å². The molecule has 1 aromatic carbocycles. The summed E-state index contributed by atoms with van der Waals surface area (Å²) in [7, 11) is 0. The van der Waals surface area contributed by atoms with E-state index in [4.69, 9.17) is 14.5 Å². The molecule has 0 radical (unpaired) electrons. The molecule has 146 valence electrons. The standard InChI is InChI=1S/C20H28N4O2S/c1-4-21-20(23-11-19-15(3)24-13-27-19)22-10-16-6-5-14(2)9-18(16)26-17-7-8-25-12-17/h5-6,9,13,17H,4,7-8,10-12H2,1-3H3,(H2,21,22,23). The number of thiazole rings is 1. The van der Waals surface area contributed by atoms with E-state index in [0.717, 1.165) is 49.1 Å². The lowest BCUT2D eigenvalue weighted by Crippen LogP contribution is -2.36. The first-order valence-corrected chi connectivity index (χ1v) is 10.3. The van der Waals surface area contributed by atoms with Crippen molar-refractivity contribution in [1.82, 2.24) is 15.6 Å². The summed E-state index contributed by atoms with van der Waals surface area (Å²) in [5.74, 6) is 1.70. The lowest BCUT2D eigenvalue weighted by atomic mass is 10.1. The molecule has 0 bridgehead atoms. The van der Waals surface area contributed by atoms with E-state index in [9.17, 15) is 0 Å². The van der Waals surface area contributed by atoms with Crippen molar-refractivity contribution < 1.29 is 9.47 Å². The minimum Gasteiger partial charge on any atom is -0.488 e. The fraction of sp³-hybridized carbons (Fsp3) is 0.500. The number of aliphatic imine (C=N–C) groups is 1. The molecule has 6 nitrogen and oxygen atoms in total. The van der Waals surface area contributed by atoms with Gasteiger partial charge in [-0.3, -0.25) is 0 Å². The van der Waals surface area contributed by atoms with E-state index >= 15 is 0 Å². The summed E-state index contributed by atoms with van der Waals surface area (Å²) in [6.07, 6.45) is 1.07. The van der Waals surface area contributed by atoms with Crippen molar-refractivity contribution >= 4 is 17.3 Å². The van der Waals surface area contributed by atoms with Crippen LogP contribution in [0.25, 0.3) is 0 Å². The Morgan fingerprint density at radius 3 is 2.96 bits per heavy atom. The van der Waals surface area contributed by atoms with E-state index in [2.05, 4.69) is 47.7 Å². The van der Waals surface area contributed by atoms with E-state index < -0.39 is 0 Å². The molecule has 0 spiro atoms. The molecule has 1 aliphatic heterocycles. The van der Waals surface area contributed by atoms with Crippen LogP contribution in [0.15, 0.2) is 28.7 Å². The summed E-state index contributed by atoms with van der Waals surface area (Å²) in [5.41, 5.74) is 5.20. The zero-order chi connectivity index (χ0) is 19.1. The fourth-order valence-electron chi connectivity index (χ4n) is 2.85. The predicted octanol–water partition coefficient (Wildman–Crippen LogP) is 3.18. The maximum Gasteiger partial charge on any atom is 0.191 e. The molecular formula is C20H28N4O2S. The topological polar surface area (TPSA) is 67.8 Å². The molecule has 2 heterocycles. The molecule has 27 heavy (non-hydrogen) atoms. The van der Waals surface area contributed by atoms with E-state index in [1.54, 1.807) is 11.3 Å². The zero-order valence-electron chi connectivity index (χ0n) is 16.2. The van der Waals surface area contributed by atoms with Crippen LogP contribution >= 0.6 is 11.3 Å². The maximum atomic E-state index is 6.17. The summed E-state index contributed by atoms with van der Waals surface area (Å²) in [6.45, 7) is 9.69. The van der Waals surface area contributed by atoms with Crippen LogP contribution in [0.1, 0.15) is 35.0 Å². The van der Waals surface area contributed by atoms with E-state index in [-0.39, 0.29) is 6.10 Å². The van der Waals surface area contributed by atoms with Crippen molar-refractivity contribution in [3.8, 4) is 5.75 Å². The quantitative estimate of drug-likeness (QED) is 0.563. The number of aryl methyl sites for hydroxylation is 2. The van der Waals surface area contributed by atoms with Crippen LogP contribution in [-0.2, 0) is 17.8 Å². The van der Waals surface area contributed by atoms with Gasteiger partial charge in [-0.1, -0.05) is 12.1 Å². The molecule has 0 saturated carbocycles. The number of nitrogens with one attached hydrogen (secondary N) is 2. The summed E-state index contributed by atoms with van der Waals surface area (Å²) in [4.78, 5) is 10.3. The molecule has 2 N–H and O–H groups in total. The van der Waals surface area contributed by atoms with Gasteiger partial charge in [-0.05, 0) is 32.4 Å². The van der Waals surface area contributed by atoms with Gasteiger partial charge in [-0.25, -0.2) is 9.98 Å². The molecule has 0 aliphatic carbocycles. The fourth-order valence-corrected chi connectivity index (χ4v) is 3.57. The van der Waals surface area contributed by atoms with Crippen molar-refractivity contribution in [2.45, 2.75) is 46.4 Å². The molecule has 1 atom stereocenters. The Kier molecular flexibility index (Phi) is 7.06.